The molecule has 11 rings (SSSR count). The average molecular weight is 687 g/mol. The maximum atomic E-state index is 6.34. The first-order chi connectivity index (χ1) is 25.7. The van der Waals surface area contributed by atoms with Gasteiger partial charge in [-0.3, -0.25) is 0 Å². The first-order valence-corrected chi connectivity index (χ1v) is 18.3. The molecule has 10 aromatic rings. The van der Waals surface area contributed by atoms with Gasteiger partial charge in [-0.25, -0.2) is 9.98 Å². The molecule has 1 aliphatic rings. The van der Waals surface area contributed by atoms with Crippen molar-refractivity contribution in [1.29, 1.82) is 0 Å². The van der Waals surface area contributed by atoms with Crippen LogP contribution in [0, 0.1) is 0 Å². The fraction of sp³-hybridized carbons (Fsp3) is 0.0435. The van der Waals surface area contributed by atoms with Crippen molar-refractivity contribution < 1.29 is 4.42 Å². The summed E-state index contributed by atoms with van der Waals surface area (Å²) in [5.74, 6) is 1.55. The molecule has 0 saturated heterocycles. The summed E-state index contributed by atoms with van der Waals surface area (Å²) >= 11 is 1.83. The van der Waals surface area contributed by atoms with Crippen molar-refractivity contribution in [2.45, 2.75) is 6.17 Å². The first-order valence-electron chi connectivity index (χ1n) is 17.5. The first kappa shape index (κ1) is 29.3. The van der Waals surface area contributed by atoms with Crippen LogP contribution < -0.4 is 0 Å². The van der Waals surface area contributed by atoms with E-state index in [0.29, 0.717) is 5.84 Å². The Hall–Kier alpha value is -6.50. The second kappa shape index (κ2) is 11.3. The van der Waals surface area contributed by atoms with E-state index in [1.54, 1.807) is 0 Å². The average Bonchev–Trinajstić information content (AvgIpc) is 3.87. The number of furan rings is 1. The number of para-hydroxylation sites is 3. The highest BCUT2D eigenvalue weighted by Crippen LogP contribution is 2.39. The summed E-state index contributed by atoms with van der Waals surface area (Å²) in [6.07, 6.45) is -0.303. The third kappa shape index (κ3) is 4.34. The van der Waals surface area contributed by atoms with E-state index in [-0.39, 0.29) is 6.17 Å². The highest BCUT2D eigenvalue weighted by molar-refractivity contribution is 7.25. The van der Waals surface area contributed by atoms with Crippen LogP contribution in [0.4, 0.5) is 0 Å². The lowest BCUT2D eigenvalue weighted by molar-refractivity contribution is 0.383. The zero-order chi connectivity index (χ0) is 34.3. The van der Waals surface area contributed by atoms with Crippen molar-refractivity contribution in [2.24, 2.45) is 9.98 Å². The molecule has 52 heavy (non-hydrogen) atoms. The van der Waals surface area contributed by atoms with Gasteiger partial charge in [0, 0.05) is 65.6 Å². The van der Waals surface area contributed by atoms with Gasteiger partial charge in [-0.1, -0.05) is 109 Å². The molecule has 0 amide bonds. The van der Waals surface area contributed by atoms with Gasteiger partial charge in [0.1, 0.15) is 17.0 Å². The molecule has 0 aliphatic carbocycles. The van der Waals surface area contributed by atoms with E-state index < -0.39 is 0 Å². The van der Waals surface area contributed by atoms with Gasteiger partial charge >= 0.3 is 0 Å². The summed E-state index contributed by atoms with van der Waals surface area (Å²) in [6, 6.07) is 55.8. The predicted octanol–water partition coefficient (Wildman–Crippen LogP) is 11.9. The number of benzene rings is 7. The molecule has 1 atom stereocenters. The van der Waals surface area contributed by atoms with Crippen LogP contribution in [0.3, 0.4) is 0 Å². The zero-order valence-corrected chi connectivity index (χ0v) is 29.0. The van der Waals surface area contributed by atoms with E-state index in [2.05, 4.69) is 156 Å². The van der Waals surface area contributed by atoms with E-state index in [9.17, 15) is 0 Å². The van der Waals surface area contributed by atoms with Gasteiger partial charge in [0.2, 0.25) is 0 Å². The summed E-state index contributed by atoms with van der Waals surface area (Å²) < 4.78 is 11.2. The van der Waals surface area contributed by atoms with Crippen molar-refractivity contribution in [3.05, 3.63) is 174 Å². The monoisotopic (exact) mass is 686 g/mol. The second-order valence-electron chi connectivity index (χ2n) is 13.4. The molecule has 6 heteroatoms. The van der Waals surface area contributed by atoms with Gasteiger partial charge in [0.05, 0.1) is 11.0 Å². The number of amidine groups is 2. The fourth-order valence-corrected chi connectivity index (χ4v) is 9.22. The zero-order valence-electron chi connectivity index (χ0n) is 28.2. The number of aliphatic imine (C=N–C) groups is 2. The number of rotatable bonds is 4. The summed E-state index contributed by atoms with van der Waals surface area (Å²) in [4.78, 5) is 13.1. The molecule has 0 saturated carbocycles. The van der Waals surface area contributed by atoms with Crippen molar-refractivity contribution in [2.75, 3.05) is 7.05 Å². The van der Waals surface area contributed by atoms with E-state index in [1.807, 2.05) is 29.5 Å². The Kier molecular flexibility index (Phi) is 6.33. The van der Waals surface area contributed by atoms with Gasteiger partial charge in [0.25, 0.3) is 0 Å². The molecule has 7 aromatic carbocycles. The Morgan fingerprint density at radius 3 is 2.08 bits per heavy atom. The molecule has 4 heterocycles. The fourth-order valence-electron chi connectivity index (χ4n) is 8.06. The minimum atomic E-state index is -0.303. The van der Waals surface area contributed by atoms with Crippen LogP contribution in [0.15, 0.2) is 172 Å². The molecule has 0 radical (unpaired) electrons. The lowest BCUT2D eigenvalue weighted by atomic mass is 10.0. The highest BCUT2D eigenvalue weighted by Gasteiger charge is 2.29. The molecule has 0 bridgehead atoms. The molecule has 1 aliphatic heterocycles. The molecule has 3 aromatic heterocycles. The number of fused-ring (bicyclic) bond motifs is 9. The van der Waals surface area contributed by atoms with Crippen LogP contribution in [0.2, 0.25) is 0 Å². The maximum absolute atomic E-state index is 6.34. The lowest BCUT2D eigenvalue weighted by Gasteiger charge is -2.32. The van der Waals surface area contributed by atoms with Gasteiger partial charge in [0.15, 0.2) is 12.0 Å². The minimum Gasteiger partial charge on any atom is -0.456 e. The Labute approximate surface area is 303 Å². The van der Waals surface area contributed by atoms with Crippen LogP contribution in [-0.2, 0) is 0 Å². The Morgan fingerprint density at radius 2 is 1.25 bits per heavy atom. The molecule has 0 spiro atoms. The van der Waals surface area contributed by atoms with Crippen LogP contribution in [0.1, 0.15) is 22.9 Å². The normalized spacial score (nSPS) is 15.0. The van der Waals surface area contributed by atoms with Gasteiger partial charge in [-0.15, -0.1) is 11.3 Å². The third-order valence-electron chi connectivity index (χ3n) is 10.4. The molecular weight excluding hydrogens is 657 g/mol. The molecule has 1 unspecified atom stereocenters. The predicted molar refractivity (Wildman–Crippen MR) is 217 cm³/mol. The molecular formula is C46H30N4OS. The highest BCUT2D eigenvalue weighted by atomic mass is 32.1. The van der Waals surface area contributed by atoms with Gasteiger partial charge < -0.3 is 13.9 Å². The number of aromatic nitrogens is 1. The van der Waals surface area contributed by atoms with Crippen LogP contribution in [-0.4, -0.2) is 28.2 Å². The lowest BCUT2D eigenvalue weighted by Crippen LogP contribution is -2.35. The SMILES string of the molecule is CN1C(c2cccc3oc4ccccc4c23)=NC(c2cccc(-n3c4ccccc4c4ccccc43)c2)=NC1c1ccc2c(c1)sc1ccccc12. The van der Waals surface area contributed by atoms with Gasteiger partial charge in [-0.2, -0.15) is 0 Å². The van der Waals surface area contributed by atoms with Crippen LogP contribution in [0.25, 0.3) is 69.6 Å². The van der Waals surface area contributed by atoms with Crippen LogP contribution >= 0.6 is 11.3 Å². The second-order valence-corrected chi connectivity index (χ2v) is 14.5. The Balaban J connectivity index is 1.13. The molecule has 0 N–H and O–H groups in total. The topological polar surface area (TPSA) is 46.0 Å². The molecule has 246 valence electrons. The number of thiophene rings is 1. The van der Waals surface area contributed by atoms with E-state index in [1.165, 1.54) is 42.0 Å². The third-order valence-corrected chi connectivity index (χ3v) is 11.6. The van der Waals surface area contributed by atoms with E-state index in [0.717, 1.165) is 50.2 Å². The molecule has 5 nitrogen and oxygen atoms in total. The number of nitrogens with zero attached hydrogens (tertiary/aromatic N) is 4. The van der Waals surface area contributed by atoms with E-state index >= 15 is 0 Å². The smallest absolute Gasteiger partial charge is 0.159 e. The summed E-state index contributed by atoms with van der Waals surface area (Å²) in [6.45, 7) is 0. The summed E-state index contributed by atoms with van der Waals surface area (Å²) in [7, 11) is 2.11. The quantitative estimate of drug-likeness (QED) is 0.185. The Bertz CT molecular complexity index is 3070. The van der Waals surface area contributed by atoms with Gasteiger partial charge in [-0.05, 0) is 54.1 Å². The van der Waals surface area contributed by atoms with Crippen molar-refractivity contribution in [3.8, 4) is 5.69 Å². The standard InChI is InChI=1S/C46H30N4OS/c1-49-45(29-24-25-34-33-16-5-9-23-41(33)52-42(34)27-29)47-44(48-46(49)36-18-11-22-40-43(36)35-17-4-8-21-39(35)51-40)28-12-10-13-30(26-28)50-37-19-6-2-14-31(37)32-15-3-7-20-38(32)50/h2-27,45H,1H3. The van der Waals surface area contributed by atoms with E-state index in [4.69, 9.17) is 14.4 Å². The van der Waals surface area contributed by atoms with Crippen molar-refractivity contribution in [3.63, 3.8) is 0 Å². The maximum Gasteiger partial charge on any atom is 0.159 e. The largest absolute Gasteiger partial charge is 0.456 e. The Morgan fingerprint density at radius 1 is 0.577 bits per heavy atom. The summed E-state index contributed by atoms with van der Waals surface area (Å²) in [5.41, 5.74) is 8.21. The minimum absolute atomic E-state index is 0.303. The van der Waals surface area contributed by atoms with Crippen LogP contribution in [0.5, 0.6) is 0 Å². The summed E-state index contributed by atoms with van der Waals surface area (Å²) in [5, 5.41) is 7.16. The number of hydrogen-bond acceptors (Lipinski definition) is 5. The van der Waals surface area contributed by atoms with Crippen molar-refractivity contribution in [1.82, 2.24) is 9.47 Å². The molecule has 0 fully saturated rings. The van der Waals surface area contributed by atoms with Crippen molar-refractivity contribution >= 4 is 86.9 Å². The number of hydrogen-bond donors (Lipinski definition) is 0.